The molecule has 0 fully saturated rings. The Hall–Kier alpha value is -0.740. The first kappa shape index (κ1) is 13.3. The highest BCUT2D eigenvalue weighted by molar-refractivity contribution is 5.73. The molecule has 0 heterocycles. The van der Waals surface area contributed by atoms with E-state index >= 15 is 0 Å². The van der Waals surface area contributed by atoms with Gasteiger partial charge in [-0.05, 0) is 20.3 Å². The van der Waals surface area contributed by atoms with Crippen molar-refractivity contribution in [3.63, 3.8) is 0 Å². The third kappa shape index (κ3) is 2.89. The van der Waals surface area contributed by atoms with E-state index in [1.165, 1.54) is 13.8 Å². The zero-order valence-electron chi connectivity index (χ0n) is 8.70. The Kier molecular flexibility index (Phi) is 3.26. The van der Waals surface area contributed by atoms with Crippen molar-refractivity contribution in [2.24, 2.45) is 10.8 Å². The van der Waals surface area contributed by atoms with Crippen molar-refractivity contribution in [3.05, 3.63) is 0 Å². The lowest BCUT2D eigenvalue weighted by molar-refractivity contribution is -0.221. The first-order valence-corrected chi connectivity index (χ1v) is 4.20. The van der Waals surface area contributed by atoms with Crippen LogP contribution in [-0.2, 0) is 4.79 Å². The van der Waals surface area contributed by atoms with Crippen LogP contribution in [0.3, 0.4) is 0 Å². The van der Waals surface area contributed by atoms with Gasteiger partial charge in [0, 0.05) is 0 Å². The Labute approximate surface area is 81.1 Å². The Balaban J connectivity index is 4.76. The summed E-state index contributed by atoms with van der Waals surface area (Å²) >= 11 is 0. The van der Waals surface area contributed by atoms with Crippen LogP contribution in [0.15, 0.2) is 0 Å². The zero-order chi connectivity index (χ0) is 11.8. The summed E-state index contributed by atoms with van der Waals surface area (Å²) in [7, 11) is 0. The van der Waals surface area contributed by atoms with Crippen molar-refractivity contribution < 1.29 is 23.1 Å². The molecule has 84 valence electrons. The largest absolute Gasteiger partial charge is 0.481 e. The first-order valence-electron chi connectivity index (χ1n) is 4.20. The van der Waals surface area contributed by atoms with Gasteiger partial charge >= 0.3 is 12.1 Å². The van der Waals surface area contributed by atoms with E-state index in [-0.39, 0.29) is 0 Å². The summed E-state index contributed by atoms with van der Waals surface area (Å²) in [6.45, 7) is 4.61. The van der Waals surface area contributed by atoms with Gasteiger partial charge in [-0.1, -0.05) is 13.8 Å². The van der Waals surface area contributed by atoms with Crippen molar-refractivity contribution >= 4 is 5.97 Å². The van der Waals surface area contributed by atoms with Gasteiger partial charge in [0.1, 0.15) is 0 Å². The molecule has 0 saturated heterocycles. The minimum absolute atomic E-state index is 0.432. The molecule has 0 spiro atoms. The number of hydrogen-bond donors (Lipinski definition) is 1. The fourth-order valence-electron chi connectivity index (χ4n) is 1.28. The topological polar surface area (TPSA) is 37.3 Å². The predicted octanol–water partition coefficient (Wildman–Crippen LogP) is 3.08. The van der Waals surface area contributed by atoms with Crippen LogP contribution < -0.4 is 0 Å². The number of carboxylic acid groups (broad SMARTS) is 1. The number of carbonyl (C=O) groups is 1. The quantitative estimate of drug-likeness (QED) is 0.780. The highest BCUT2D eigenvalue weighted by Gasteiger charge is 2.51. The van der Waals surface area contributed by atoms with E-state index in [2.05, 4.69) is 0 Å². The molecule has 0 aliphatic carbocycles. The lowest BCUT2D eigenvalue weighted by Gasteiger charge is -2.33. The van der Waals surface area contributed by atoms with Gasteiger partial charge in [0.25, 0.3) is 0 Å². The molecular formula is C9H15F3O2. The maximum Gasteiger partial charge on any atom is 0.394 e. The fraction of sp³-hybridized carbons (Fsp3) is 0.889. The summed E-state index contributed by atoms with van der Waals surface area (Å²) < 4.78 is 37.3. The molecule has 0 aromatic rings. The van der Waals surface area contributed by atoms with E-state index in [1.807, 2.05) is 0 Å². The molecule has 0 atom stereocenters. The van der Waals surface area contributed by atoms with E-state index in [9.17, 15) is 18.0 Å². The average Bonchev–Trinajstić information content (AvgIpc) is 1.80. The van der Waals surface area contributed by atoms with Crippen LogP contribution in [0.5, 0.6) is 0 Å². The lowest BCUT2D eigenvalue weighted by Crippen LogP contribution is -2.39. The molecule has 0 saturated carbocycles. The molecule has 14 heavy (non-hydrogen) atoms. The Bertz CT molecular complexity index is 229. The lowest BCUT2D eigenvalue weighted by atomic mass is 9.74. The van der Waals surface area contributed by atoms with E-state index in [0.29, 0.717) is 0 Å². The maximum atomic E-state index is 12.4. The van der Waals surface area contributed by atoms with Crippen molar-refractivity contribution in [1.82, 2.24) is 0 Å². The summed E-state index contributed by atoms with van der Waals surface area (Å²) in [5, 5.41) is 8.70. The molecule has 0 aliphatic rings. The average molecular weight is 212 g/mol. The van der Waals surface area contributed by atoms with Gasteiger partial charge in [-0.3, -0.25) is 4.79 Å². The summed E-state index contributed by atoms with van der Waals surface area (Å²) in [5.41, 5.74) is -3.34. The number of alkyl halides is 3. The normalized spacial score (nSPS) is 14.2. The third-order valence-electron chi connectivity index (χ3n) is 2.23. The van der Waals surface area contributed by atoms with E-state index in [0.717, 1.165) is 13.8 Å². The SMILES string of the molecule is CC(C)(CC(C)(C)C(F)(F)F)C(=O)O. The second-order valence-electron chi connectivity index (χ2n) is 4.75. The molecule has 0 rings (SSSR count). The Morgan fingerprint density at radius 3 is 1.71 bits per heavy atom. The summed E-state index contributed by atoms with van der Waals surface area (Å²) in [6.07, 6.45) is -4.81. The molecule has 0 bridgehead atoms. The number of rotatable bonds is 3. The maximum absolute atomic E-state index is 12.4. The summed E-state index contributed by atoms with van der Waals surface area (Å²) in [4.78, 5) is 10.7. The fourth-order valence-corrected chi connectivity index (χ4v) is 1.28. The number of hydrogen-bond acceptors (Lipinski definition) is 1. The number of aliphatic carboxylic acids is 1. The van der Waals surface area contributed by atoms with Crippen LogP contribution in [0.2, 0.25) is 0 Å². The van der Waals surface area contributed by atoms with Crippen LogP contribution in [0.4, 0.5) is 13.2 Å². The number of carboxylic acids is 1. The molecule has 0 aliphatic heterocycles. The Morgan fingerprint density at radius 2 is 1.50 bits per heavy atom. The minimum Gasteiger partial charge on any atom is -0.481 e. The molecule has 0 unspecified atom stereocenters. The van der Waals surface area contributed by atoms with Gasteiger partial charge in [0.2, 0.25) is 0 Å². The summed E-state index contributed by atoms with van der Waals surface area (Å²) in [5.74, 6) is -1.21. The van der Waals surface area contributed by atoms with E-state index < -0.39 is 29.4 Å². The smallest absolute Gasteiger partial charge is 0.394 e. The second-order valence-corrected chi connectivity index (χ2v) is 4.75. The van der Waals surface area contributed by atoms with Gasteiger partial charge in [0.05, 0.1) is 10.8 Å². The molecule has 0 aromatic carbocycles. The second kappa shape index (κ2) is 3.44. The minimum atomic E-state index is -4.38. The zero-order valence-corrected chi connectivity index (χ0v) is 8.70. The first-order chi connectivity index (χ1) is 5.90. The monoisotopic (exact) mass is 212 g/mol. The van der Waals surface area contributed by atoms with Crippen LogP contribution >= 0.6 is 0 Å². The Morgan fingerprint density at radius 1 is 1.14 bits per heavy atom. The molecule has 1 N–H and O–H groups in total. The van der Waals surface area contributed by atoms with Gasteiger partial charge in [0.15, 0.2) is 0 Å². The molecule has 0 aromatic heterocycles. The van der Waals surface area contributed by atoms with Crippen LogP contribution in [0, 0.1) is 10.8 Å². The third-order valence-corrected chi connectivity index (χ3v) is 2.23. The van der Waals surface area contributed by atoms with Crippen LogP contribution in [0.1, 0.15) is 34.1 Å². The van der Waals surface area contributed by atoms with E-state index in [4.69, 9.17) is 5.11 Å². The van der Waals surface area contributed by atoms with Gasteiger partial charge < -0.3 is 5.11 Å². The van der Waals surface area contributed by atoms with Gasteiger partial charge in [-0.2, -0.15) is 13.2 Å². The highest BCUT2D eigenvalue weighted by atomic mass is 19.4. The molecule has 0 amide bonds. The van der Waals surface area contributed by atoms with Gasteiger partial charge in [-0.15, -0.1) is 0 Å². The molecular weight excluding hydrogens is 197 g/mol. The molecule has 5 heteroatoms. The van der Waals surface area contributed by atoms with Crippen molar-refractivity contribution in [1.29, 1.82) is 0 Å². The summed E-state index contributed by atoms with van der Waals surface area (Å²) in [6, 6.07) is 0. The van der Waals surface area contributed by atoms with E-state index in [1.54, 1.807) is 0 Å². The predicted molar refractivity (Wildman–Crippen MR) is 45.9 cm³/mol. The van der Waals surface area contributed by atoms with Crippen molar-refractivity contribution in [2.75, 3.05) is 0 Å². The van der Waals surface area contributed by atoms with Crippen LogP contribution in [0.25, 0.3) is 0 Å². The number of halogens is 3. The standard InChI is InChI=1S/C9H15F3O2/c1-7(2,6(13)14)5-8(3,4)9(10,11)12/h5H2,1-4H3,(H,13,14). The molecule has 0 radical (unpaired) electrons. The highest BCUT2D eigenvalue weighted by Crippen LogP contribution is 2.45. The van der Waals surface area contributed by atoms with Crippen molar-refractivity contribution in [2.45, 2.75) is 40.3 Å². The van der Waals surface area contributed by atoms with Crippen LogP contribution in [-0.4, -0.2) is 17.3 Å². The van der Waals surface area contributed by atoms with Gasteiger partial charge in [-0.25, -0.2) is 0 Å². The molecule has 2 nitrogen and oxygen atoms in total. The van der Waals surface area contributed by atoms with Crippen molar-refractivity contribution in [3.8, 4) is 0 Å².